The van der Waals surface area contributed by atoms with Crippen molar-refractivity contribution in [3.05, 3.63) is 22.4 Å². The van der Waals surface area contributed by atoms with Gasteiger partial charge in [0.15, 0.2) is 0 Å². The Bertz CT molecular complexity index is 201. The molecule has 2 N–H and O–H groups in total. The van der Waals surface area contributed by atoms with Gasteiger partial charge >= 0.3 is 0 Å². The van der Waals surface area contributed by atoms with Gasteiger partial charge in [-0.3, -0.25) is 0 Å². The minimum absolute atomic E-state index is 0.0230. The first-order valence-corrected chi connectivity index (χ1v) is 4.83. The van der Waals surface area contributed by atoms with Gasteiger partial charge in [-0.1, -0.05) is 13.0 Å². The lowest BCUT2D eigenvalue weighted by Gasteiger charge is -2.21. The van der Waals surface area contributed by atoms with Crippen LogP contribution in [0.3, 0.4) is 0 Å². The topological polar surface area (TPSA) is 26.0 Å². The van der Waals surface area contributed by atoms with Crippen molar-refractivity contribution in [2.24, 2.45) is 5.73 Å². The van der Waals surface area contributed by atoms with Crippen LogP contribution in [0.2, 0.25) is 0 Å². The van der Waals surface area contributed by atoms with Crippen molar-refractivity contribution >= 4 is 11.3 Å². The first-order valence-electron chi connectivity index (χ1n) is 3.95. The Hall–Kier alpha value is -0.340. The van der Waals surface area contributed by atoms with Crippen LogP contribution in [-0.4, -0.2) is 5.54 Å². The van der Waals surface area contributed by atoms with Gasteiger partial charge in [0.2, 0.25) is 0 Å². The van der Waals surface area contributed by atoms with Crippen LogP contribution < -0.4 is 5.73 Å². The Morgan fingerprint density at radius 1 is 1.64 bits per heavy atom. The number of thiophene rings is 1. The molecule has 0 saturated carbocycles. The maximum absolute atomic E-state index is 6.01. The van der Waals surface area contributed by atoms with Gasteiger partial charge in [-0.2, -0.15) is 0 Å². The van der Waals surface area contributed by atoms with E-state index in [2.05, 4.69) is 31.4 Å². The highest BCUT2D eigenvalue weighted by atomic mass is 32.1. The second-order valence-corrected chi connectivity index (χ2v) is 4.30. The fraction of sp³-hybridized carbons (Fsp3) is 0.556. The van der Waals surface area contributed by atoms with Crippen molar-refractivity contribution in [1.82, 2.24) is 0 Å². The minimum Gasteiger partial charge on any atom is -0.325 e. The SMILES string of the molecule is CCC(C)(N)Cc1cccs1. The Kier molecular flexibility index (Phi) is 2.68. The standard InChI is InChI=1S/C9H15NS/c1-3-9(2,10)7-8-5-4-6-11-8/h4-6H,3,7,10H2,1-2H3. The van der Waals surface area contributed by atoms with E-state index in [1.165, 1.54) is 4.88 Å². The lowest BCUT2D eigenvalue weighted by atomic mass is 9.95. The summed E-state index contributed by atoms with van der Waals surface area (Å²) >= 11 is 1.79. The van der Waals surface area contributed by atoms with E-state index in [1.807, 2.05) is 0 Å². The van der Waals surface area contributed by atoms with E-state index < -0.39 is 0 Å². The highest BCUT2D eigenvalue weighted by Crippen LogP contribution is 2.17. The average molecular weight is 169 g/mol. The molecule has 1 heterocycles. The summed E-state index contributed by atoms with van der Waals surface area (Å²) in [7, 11) is 0. The maximum Gasteiger partial charge on any atom is 0.0171 e. The lowest BCUT2D eigenvalue weighted by Crippen LogP contribution is -2.37. The molecule has 0 aliphatic heterocycles. The molecule has 0 saturated heterocycles. The molecule has 0 radical (unpaired) electrons. The molecule has 1 unspecified atom stereocenters. The lowest BCUT2D eigenvalue weighted by molar-refractivity contribution is 0.453. The third-order valence-electron chi connectivity index (χ3n) is 1.97. The monoisotopic (exact) mass is 169 g/mol. The van der Waals surface area contributed by atoms with Crippen molar-refractivity contribution in [2.75, 3.05) is 0 Å². The van der Waals surface area contributed by atoms with E-state index in [-0.39, 0.29) is 5.54 Å². The summed E-state index contributed by atoms with van der Waals surface area (Å²) in [6.07, 6.45) is 2.03. The first-order chi connectivity index (χ1) is 5.14. The fourth-order valence-corrected chi connectivity index (χ4v) is 1.84. The highest BCUT2D eigenvalue weighted by Gasteiger charge is 2.16. The van der Waals surface area contributed by atoms with E-state index in [0.29, 0.717) is 0 Å². The molecule has 0 aliphatic rings. The van der Waals surface area contributed by atoms with Crippen molar-refractivity contribution in [3.63, 3.8) is 0 Å². The van der Waals surface area contributed by atoms with Gasteiger partial charge in [0.05, 0.1) is 0 Å². The summed E-state index contributed by atoms with van der Waals surface area (Å²) < 4.78 is 0. The number of hydrogen-bond donors (Lipinski definition) is 1. The van der Waals surface area contributed by atoms with E-state index >= 15 is 0 Å². The van der Waals surface area contributed by atoms with Crippen LogP contribution in [0.25, 0.3) is 0 Å². The Labute approximate surface area is 72.2 Å². The second-order valence-electron chi connectivity index (χ2n) is 3.26. The molecule has 1 aromatic rings. The molecular weight excluding hydrogens is 154 g/mol. The number of hydrogen-bond acceptors (Lipinski definition) is 2. The van der Waals surface area contributed by atoms with Crippen LogP contribution in [-0.2, 0) is 6.42 Å². The first kappa shape index (κ1) is 8.75. The quantitative estimate of drug-likeness (QED) is 0.739. The van der Waals surface area contributed by atoms with Gasteiger partial charge in [-0.05, 0) is 31.2 Å². The average Bonchev–Trinajstić information content (AvgIpc) is 2.39. The summed E-state index contributed by atoms with van der Waals surface area (Å²) in [4.78, 5) is 1.39. The molecule has 0 aliphatic carbocycles. The molecule has 11 heavy (non-hydrogen) atoms. The summed E-state index contributed by atoms with van der Waals surface area (Å²) in [5, 5.41) is 2.10. The van der Waals surface area contributed by atoms with Crippen molar-refractivity contribution in [1.29, 1.82) is 0 Å². The normalized spacial score (nSPS) is 16.3. The van der Waals surface area contributed by atoms with Crippen LogP contribution in [0.15, 0.2) is 17.5 Å². The minimum atomic E-state index is -0.0230. The van der Waals surface area contributed by atoms with Gasteiger partial charge in [0.25, 0.3) is 0 Å². The third-order valence-corrected chi connectivity index (χ3v) is 2.84. The van der Waals surface area contributed by atoms with Crippen LogP contribution >= 0.6 is 11.3 Å². The van der Waals surface area contributed by atoms with E-state index in [0.717, 1.165) is 12.8 Å². The molecule has 1 atom stereocenters. The molecule has 2 heteroatoms. The Morgan fingerprint density at radius 3 is 2.82 bits per heavy atom. The van der Waals surface area contributed by atoms with Crippen LogP contribution in [0.4, 0.5) is 0 Å². The molecule has 0 spiro atoms. The largest absolute Gasteiger partial charge is 0.325 e. The number of nitrogens with two attached hydrogens (primary N) is 1. The zero-order chi connectivity index (χ0) is 8.32. The summed E-state index contributed by atoms with van der Waals surface area (Å²) in [5.74, 6) is 0. The Morgan fingerprint density at radius 2 is 2.36 bits per heavy atom. The molecule has 0 aromatic carbocycles. The Balaban J connectivity index is 2.56. The highest BCUT2D eigenvalue weighted by molar-refractivity contribution is 7.09. The molecule has 0 fully saturated rings. The second kappa shape index (κ2) is 3.37. The molecule has 62 valence electrons. The van der Waals surface area contributed by atoms with Crippen molar-refractivity contribution < 1.29 is 0 Å². The van der Waals surface area contributed by atoms with Gasteiger partial charge in [-0.25, -0.2) is 0 Å². The smallest absolute Gasteiger partial charge is 0.0171 e. The van der Waals surface area contributed by atoms with Gasteiger partial charge in [0, 0.05) is 10.4 Å². The molecule has 0 bridgehead atoms. The van der Waals surface area contributed by atoms with Gasteiger partial charge < -0.3 is 5.73 Å². The van der Waals surface area contributed by atoms with Crippen molar-refractivity contribution in [3.8, 4) is 0 Å². The summed E-state index contributed by atoms with van der Waals surface area (Å²) in [6.45, 7) is 4.24. The molecular formula is C9H15NS. The van der Waals surface area contributed by atoms with E-state index in [4.69, 9.17) is 5.73 Å². The van der Waals surface area contributed by atoms with Crippen LogP contribution in [0, 0.1) is 0 Å². The molecule has 0 amide bonds. The maximum atomic E-state index is 6.01. The number of rotatable bonds is 3. The summed E-state index contributed by atoms with van der Waals surface area (Å²) in [6, 6.07) is 4.22. The van der Waals surface area contributed by atoms with Crippen molar-refractivity contribution in [2.45, 2.75) is 32.2 Å². The zero-order valence-electron chi connectivity index (χ0n) is 7.13. The molecule has 1 nitrogen and oxygen atoms in total. The van der Waals surface area contributed by atoms with E-state index in [9.17, 15) is 0 Å². The molecule has 1 aromatic heterocycles. The van der Waals surface area contributed by atoms with Crippen LogP contribution in [0.1, 0.15) is 25.1 Å². The fourth-order valence-electron chi connectivity index (χ4n) is 0.936. The summed E-state index contributed by atoms with van der Waals surface area (Å²) in [5.41, 5.74) is 5.99. The van der Waals surface area contributed by atoms with E-state index in [1.54, 1.807) is 11.3 Å². The van der Waals surface area contributed by atoms with Gasteiger partial charge in [-0.15, -0.1) is 11.3 Å². The van der Waals surface area contributed by atoms with Crippen LogP contribution in [0.5, 0.6) is 0 Å². The predicted octanol–water partition coefficient (Wildman–Crippen LogP) is 2.42. The zero-order valence-corrected chi connectivity index (χ0v) is 7.95. The predicted molar refractivity (Wildman–Crippen MR) is 50.9 cm³/mol. The third kappa shape index (κ3) is 2.64. The molecule has 1 rings (SSSR count). The van der Waals surface area contributed by atoms with Gasteiger partial charge in [0.1, 0.15) is 0 Å².